The molecule has 5 heteroatoms. The Kier molecular flexibility index (Phi) is 2.06. The number of hydrogen-bond donors (Lipinski definition) is 1. The number of carboxylic acid groups (broad SMARTS) is 1. The highest BCUT2D eigenvalue weighted by Crippen LogP contribution is 2.48. The zero-order valence-corrected chi connectivity index (χ0v) is 8.80. The fourth-order valence-corrected chi connectivity index (χ4v) is 3.11. The first-order chi connectivity index (χ1) is 6.52. The van der Waals surface area contributed by atoms with Gasteiger partial charge in [0.2, 0.25) is 5.91 Å². The number of amides is 1. The van der Waals surface area contributed by atoms with E-state index >= 15 is 0 Å². The lowest BCUT2D eigenvalue weighted by molar-refractivity contribution is -0.145. The molecule has 14 heavy (non-hydrogen) atoms. The molecule has 0 radical (unpaired) electrons. The average Bonchev–Trinajstić information content (AvgIpc) is 2.37. The third kappa shape index (κ3) is 1.15. The van der Waals surface area contributed by atoms with Crippen LogP contribution in [0.1, 0.15) is 20.3 Å². The van der Waals surface area contributed by atoms with Gasteiger partial charge >= 0.3 is 5.97 Å². The summed E-state index contributed by atoms with van der Waals surface area (Å²) < 4.78 is 0. The van der Waals surface area contributed by atoms with Crippen molar-refractivity contribution in [3.05, 3.63) is 10.6 Å². The normalized spacial score (nSPS) is 25.5. The molecule has 76 valence electrons. The first kappa shape index (κ1) is 9.58. The Hall–Kier alpha value is -0.970. The summed E-state index contributed by atoms with van der Waals surface area (Å²) in [6, 6.07) is 0. The SMILES string of the molecule is CC(C)C1=C(C(=O)O)N2C(=O)CC2S1. The highest BCUT2D eigenvalue weighted by Gasteiger charge is 2.48. The molecule has 0 spiro atoms. The predicted octanol–water partition coefficient (Wildman–Crippen LogP) is 1.24. The van der Waals surface area contributed by atoms with Gasteiger partial charge in [0, 0.05) is 4.91 Å². The van der Waals surface area contributed by atoms with E-state index in [0.29, 0.717) is 6.42 Å². The number of rotatable bonds is 2. The van der Waals surface area contributed by atoms with Crippen LogP contribution < -0.4 is 0 Å². The number of carbonyl (C=O) groups excluding carboxylic acids is 1. The molecule has 2 heterocycles. The summed E-state index contributed by atoms with van der Waals surface area (Å²) in [5.41, 5.74) is 0.200. The number of nitrogens with zero attached hydrogens (tertiary/aromatic N) is 1. The highest BCUT2D eigenvalue weighted by atomic mass is 32.2. The van der Waals surface area contributed by atoms with Gasteiger partial charge in [0.15, 0.2) is 0 Å². The third-order valence-corrected chi connectivity index (χ3v) is 3.94. The van der Waals surface area contributed by atoms with E-state index in [0.717, 1.165) is 4.91 Å². The maximum atomic E-state index is 11.2. The fourth-order valence-electron chi connectivity index (χ4n) is 1.69. The topological polar surface area (TPSA) is 57.6 Å². The number of hydrogen-bond acceptors (Lipinski definition) is 3. The van der Waals surface area contributed by atoms with Crippen molar-refractivity contribution < 1.29 is 14.7 Å². The Balaban J connectivity index is 2.38. The Morgan fingerprint density at radius 2 is 2.29 bits per heavy atom. The molecule has 4 nitrogen and oxygen atoms in total. The van der Waals surface area contributed by atoms with Crippen molar-refractivity contribution in [3.8, 4) is 0 Å². The fraction of sp³-hybridized carbons (Fsp3) is 0.556. The quantitative estimate of drug-likeness (QED) is 0.701. The van der Waals surface area contributed by atoms with Gasteiger partial charge in [-0.05, 0) is 5.92 Å². The predicted molar refractivity (Wildman–Crippen MR) is 52.3 cm³/mol. The number of β-lactam (4-membered cyclic amide) rings is 1. The minimum Gasteiger partial charge on any atom is -0.477 e. The van der Waals surface area contributed by atoms with Gasteiger partial charge in [0.25, 0.3) is 0 Å². The molecule has 1 N–H and O–H groups in total. The molecule has 0 bridgehead atoms. The van der Waals surface area contributed by atoms with Gasteiger partial charge in [-0.1, -0.05) is 13.8 Å². The molecule has 1 amide bonds. The second kappa shape index (κ2) is 3.02. The minimum absolute atomic E-state index is 0.0472. The highest BCUT2D eigenvalue weighted by molar-refractivity contribution is 8.04. The summed E-state index contributed by atoms with van der Waals surface area (Å²) in [5.74, 6) is -0.892. The van der Waals surface area contributed by atoms with Crippen LogP contribution in [0.5, 0.6) is 0 Å². The van der Waals surface area contributed by atoms with Gasteiger partial charge in [-0.3, -0.25) is 9.69 Å². The van der Waals surface area contributed by atoms with Crippen molar-refractivity contribution in [2.24, 2.45) is 5.92 Å². The first-order valence-corrected chi connectivity index (χ1v) is 5.36. The molecule has 2 rings (SSSR count). The molecule has 0 aliphatic carbocycles. The molecule has 1 fully saturated rings. The molecule has 0 aromatic rings. The van der Waals surface area contributed by atoms with Crippen LogP contribution in [0.3, 0.4) is 0 Å². The van der Waals surface area contributed by atoms with Crippen LogP contribution in [-0.4, -0.2) is 27.3 Å². The lowest BCUT2D eigenvalue weighted by Crippen LogP contribution is -2.48. The average molecular weight is 213 g/mol. The van der Waals surface area contributed by atoms with Crippen LogP contribution in [0, 0.1) is 5.92 Å². The summed E-state index contributed by atoms with van der Waals surface area (Å²) >= 11 is 1.51. The van der Waals surface area contributed by atoms with Crippen molar-refractivity contribution in [3.63, 3.8) is 0 Å². The molecule has 0 aromatic heterocycles. The summed E-state index contributed by atoms with van der Waals surface area (Å²) in [6.07, 6.45) is 0.470. The zero-order chi connectivity index (χ0) is 10.5. The third-order valence-electron chi connectivity index (χ3n) is 2.37. The maximum absolute atomic E-state index is 11.2. The summed E-state index contributed by atoms with van der Waals surface area (Å²) in [7, 11) is 0. The van der Waals surface area contributed by atoms with Gasteiger partial charge < -0.3 is 5.11 Å². The Bertz CT molecular complexity index is 348. The molecular formula is C9H11NO3S. The van der Waals surface area contributed by atoms with E-state index in [9.17, 15) is 9.59 Å². The van der Waals surface area contributed by atoms with E-state index in [1.165, 1.54) is 16.7 Å². The lowest BCUT2D eigenvalue weighted by Gasteiger charge is -2.33. The largest absolute Gasteiger partial charge is 0.477 e. The van der Waals surface area contributed by atoms with Crippen molar-refractivity contribution in [1.29, 1.82) is 0 Å². The van der Waals surface area contributed by atoms with Crippen LogP contribution in [-0.2, 0) is 9.59 Å². The standard InChI is InChI=1S/C9H11NO3S/c1-4(2)8-7(9(12)13)10-5(11)3-6(10)14-8/h4,6H,3H2,1-2H3,(H,12,13). The molecular weight excluding hydrogens is 202 g/mol. The van der Waals surface area contributed by atoms with E-state index < -0.39 is 5.97 Å². The number of allylic oxidation sites excluding steroid dienone is 1. The second-order valence-corrected chi connectivity index (χ2v) is 4.93. The number of thioether (sulfide) groups is 1. The number of carboxylic acids is 1. The molecule has 0 saturated carbocycles. The van der Waals surface area contributed by atoms with Crippen LogP contribution in [0.2, 0.25) is 0 Å². The van der Waals surface area contributed by atoms with Crippen molar-refractivity contribution in [1.82, 2.24) is 4.90 Å². The van der Waals surface area contributed by atoms with Crippen molar-refractivity contribution in [2.45, 2.75) is 25.6 Å². The Morgan fingerprint density at radius 3 is 2.71 bits per heavy atom. The van der Waals surface area contributed by atoms with Gasteiger partial charge in [-0.2, -0.15) is 0 Å². The zero-order valence-electron chi connectivity index (χ0n) is 7.98. The first-order valence-electron chi connectivity index (χ1n) is 4.48. The van der Waals surface area contributed by atoms with Gasteiger partial charge in [-0.25, -0.2) is 4.79 Å². The van der Waals surface area contributed by atoms with Crippen LogP contribution in [0.25, 0.3) is 0 Å². The second-order valence-electron chi connectivity index (χ2n) is 3.71. The van der Waals surface area contributed by atoms with Gasteiger partial charge in [0.1, 0.15) is 5.70 Å². The smallest absolute Gasteiger partial charge is 0.353 e. The van der Waals surface area contributed by atoms with Crippen LogP contribution in [0.15, 0.2) is 10.6 Å². The van der Waals surface area contributed by atoms with E-state index in [-0.39, 0.29) is 22.9 Å². The lowest BCUT2D eigenvalue weighted by atomic mass is 10.1. The summed E-state index contributed by atoms with van der Waals surface area (Å²) in [4.78, 5) is 24.4. The molecule has 2 aliphatic rings. The molecule has 1 unspecified atom stereocenters. The van der Waals surface area contributed by atoms with E-state index in [1.54, 1.807) is 0 Å². The van der Waals surface area contributed by atoms with Crippen molar-refractivity contribution >= 4 is 23.6 Å². The molecule has 1 saturated heterocycles. The molecule has 1 atom stereocenters. The summed E-state index contributed by atoms with van der Waals surface area (Å²) in [5, 5.41) is 9.05. The Labute approximate surface area is 86.0 Å². The van der Waals surface area contributed by atoms with E-state index in [4.69, 9.17) is 5.11 Å². The summed E-state index contributed by atoms with van der Waals surface area (Å²) in [6.45, 7) is 3.89. The maximum Gasteiger partial charge on any atom is 0.353 e. The molecule has 0 aromatic carbocycles. The van der Waals surface area contributed by atoms with Gasteiger partial charge in [-0.15, -0.1) is 11.8 Å². The van der Waals surface area contributed by atoms with E-state index in [1.807, 2.05) is 13.8 Å². The van der Waals surface area contributed by atoms with E-state index in [2.05, 4.69) is 0 Å². The van der Waals surface area contributed by atoms with Crippen molar-refractivity contribution in [2.75, 3.05) is 0 Å². The Morgan fingerprint density at radius 1 is 1.64 bits per heavy atom. The molecule has 2 aliphatic heterocycles. The minimum atomic E-state index is -0.989. The number of carbonyl (C=O) groups is 2. The number of aliphatic carboxylic acids is 1. The number of fused-ring (bicyclic) bond motifs is 1. The van der Waals surface area contributed by atoms with Crippen LogP contribution in [0.4, 0.5) is 0 Å². The monoisotopic (exact) mass is 213 g/mol. The van der Waals surface area contributed by atoms with Gasteiger partial charge in [0.05, 0.1) is 11.8 Å². The van der Waals surface area contributed by atoms with Crippen LogP contribution >= 0.6 is 11.8 Å².